The Morgan fingerprint density at radius 1 is 1.12 bits per heavy atom. The van der Waals surface area contributed by atoms with Crippen LogP contribution in [0.2, 0.25) is 0 Å². The van der Waals surface area contributed by atoms with E-state index in [1.54, 1.807) is 7.05 Å². The van der Waals surface area contributed by atoms with Crippen LogP contribution in [0.15, 0.2) is 22.0 Å². The Labute approximate surface area is 93.8 Å². The van der Waals surface area contributed by atoms with Crippen molar-refractivity contribution in [1.82, 2.24) is 28.7 Å². The van der Waals surface area contributed by atoms with Gasteiger partial charge in [-0.1, -0.05) is 0 Å². The highest BCUT2D eigenvalue weighted by molar-refractivity contribution is 5.74. The molecule has 0 fully saturated rings. The Morgan fingerprint density at radius 3 is 2.65 bits per heavy atom. The molecule has 0 saturated carbocycles. The van der Waals surface area contributed by atoms with Gasteiger partial charge < -0.3 is 0 Å². The normalized spacial score (nSPS) is 11.4. The molecule has 0 radical (unpaired) electrons. The van der Waals surface area contributed by atoms with Gasteiger partial charge in [0.1, 0.15) is 0 Å². The van der Waals surface area contributed by atoms with Crippen molar-refractivity contribution in [1.29, 1.82) is 0 Å². The lowest BCUT2D eigenvalue weighted by molar-refractivity contribution is 0.706. The van der Waals surface area contributed by atoms with Crippen molar-refractivity contribution < 1.29 is 0 Å². The predicted molar refractivity (Wildman–Crippen MR) is 58.8 cm³/mol. The van der Waals surface area contributed by atoms with Gasteiger partial charge in [-0.25, -0.2) is 9.78 Å². The van der Waals surface area contributed by atoms with E-state index in [0.29, 0.717) is 5.78 Å². The SMILES string of the molecule is Cn1c(=O)c2c(nc3nccnn32)n(C)c1=O. The first kappa shape index (κ1) is 9.70. The highest BCUT2D eigenvalue weighted by atomic mass is 16.2. The van der Waals surface area contributed by atoms with Gasteiger partial charge in [0.15, 0.2) is 11.2 Å². The quantitative estimate of drug-likeness (QED) is 0.479. The number of aromatic nitrogens is 6. The minimum absolute atomic E-state index is 0.248. The van der Waals surface area contributed by atoms with Crippen LogP contribution in [-0.4, -0.2) is 28.7 Å². The summed E-state index contributed by atoms with van der Waals surface area (Å²) in [6, 6.07) is 0. The Hall–Kier alpha value is -2.51. The fourth-order valence-corrected chi connectivity index (χ4v) is 1.76. The van der Waals surface area contributed by atoms with E-state index in [2.05, 4.69) is 15.1 Å². The molecule has 3 rings (SSSR count). The van der Waals surface area contributed by atoms with E-state index in [9.17, 15) is 9.59 Å². The maximum atomic E-state index is 12.0. The van der Waals surface area contributed by atoms with Gasteiger partial charge in [-0.05, 0) is 0 Å². The first-order chi connectivity index (χ1) is 8.11. The fraction of sp³-hybridized carbons (Fsp3) is 0.222. The summed E-state index contributed by atoms with van der Waals surface area (Å²) in [6.07, 6.45) is 2.93. The van der Waals surface area contributed by atoms with Gasteiger partial charge in [-0.15, -0.1) is 0 Å². The molecular formula is C9H8N6O2. The smallest absolute Gasteiger partial charge is 0.279 e. The van der Waals surface area contributed by atoms with Crippen molar-refractivity contribution in [2.75, 3.05) is 0 Å². The molecule has 3 heterocycles. The first-order valence-electron chi connectivity index (χ1n) is 4.86. The van der Waals surface area contributed by atoms with Gasteiger partial charge >= 0.3 is 5.69 Å². The highest BCUT2D eigenvalue weighted by Crippen LogP contribution is 2.06. The number of hydrogen-bond acceptors (Lipinski definition) is 5. The lowest BCUT2D eigenvalue weighted by atomic mass is 10.5. The third-order valence-corrected chi connectivity index (χ3v) is 2.66. The molecule has 0 aliphatic carbocycles. The number of hydrogen-bond donors (Lipinski definition) is 0. The van der Waals surface area contributed by atoms with Crippen LogP contribution in [0, 0.1) is 0 Å². The highest BCUT2D eigenvalue weighted by Gasteiger charge is 2.15. The molecule has 3 aromatic heterocycles. The van der Waals surface area contributed by atoms with Crippen molar-refractivity contribution >= 4 is 16.9 Å². The summed E-state index contributed by atoms with van der Waals surface area (Å²) in [5.74, 6) is 0.292. The summed E-state index contributed by atoms with van der Waals surface area (Å²) in [4.78, 5) is 31.8. The Balaban J connectivity index is 2.77. The van der Waals surface area contributed by atoms with E-state index >= 15 is 0 Å². The van der Waals surface area contributed by atoms with Gasteiger partial charge in [-0.3, -0.25) is 13.9 Å². The molecule has 0 atom stereocenters. The van der Waals surface area contributed by atoms with Crippen LogP contribution >= 0.6 is 0 Å². The van der Waals surface area contributed by atoms with E-state index in [0.717, 1.165) is 4.57 Å². The van der Waals surface area contributed by atoms with Crippen molar-refractivity contribution in [2.45, 2.75) is 0 Å². The zero-order valence-corrected chi connectivity index (χ0v) is 9.15. The van der Waals surface area contributed by atoms with Gasteiger partial charge in [0.2, 0.25) is 0 Å². The van der Waals surface area contributed by atoms with Crippen molar-refractivity contribution in [3.8, 4) is 0 Å². The molecule has 0 amide bonds. The second-order valence-electron chi connectivity index (χ2n) is 3.64. The maximum Gasteiger partial charge on any atom is 0.332 e. The molecule has 0 N–H and O–H groups in total. The zero-order chi connectivity index (χ0) is 12.2. The number of nitrogens with zero attached hydrogens (tertiary/aromatic N) is 6. The predicted octanol–water partition coefficient (Wildman–Crippen LogP) is -1.33. The van der Waals surface area contributed by atoms with Crippen LogP contribution in [0.3, 0.4) is 0 Å². The minimum Gasteiger partial charge on any atom is -0.279 e. The monoisotopic (exact) mass is 232 g/mol. The molecule has 8 nitrogen and oxygen atoms in total. The summed E-state index contributed by atoms with van der Waals surface area (Å²) in [6.45, 7) is 0. The summed E-state index contributed by atoms with van der Waals surface area (Å²) < 4.78 is 3.65. The van der Waals surface area contributed by atoms with E-state index in [1.165, 1.54) is 28.5 Å². The van der Waals surface area contributed by atoms with Crippen LogP contribution in [0.25, 0.3) is 16.9 Å². The van der Waals surface area contributed by atoms with Gasteiger partial charge in [0, 0.05) is 14.1 Å². The topological polar surface area (TPSA) is 87.1 Å². The molecule has 0 aliphatic rings. The molecule has 0 aliphatic heterocycles. The van der Waals surface area contributed by atoms with E-state index in [1.807, 2.05) is 0 Å². The summed E-state index contributed by atoms with van der Waals surface area (Å²) in [7, 11) is 2.97. The Bertz CT molecular complexity index is 855. The minimum atomic E-state index is -0.434. The second-order valence-corrected chi connectivity index (χ2v) is 3.64. The van der Waals surface area contributed by atoms with Crippen LogP contribution in [-0.2, 0) is 14.1 Å². The molecule has 0 spiro atoms. The van der Waals surface area contributed by atoms with Crippen molar-refractivity contribution in [2.24, 2.45) is 14.1 Å². The van der Waals surface area contributed by atoms with E-state index < -0.39 is 11.2 Å². The third-order valence-electron chi connectivity index (χ3n) is 2.66. The number of fused-ring (bicyclic) bond motifs is 3. The molecule has 17 heavy (non-hydrogen) atoms. The van der Waals surface area contributed by atoms with Crippen molar-refractivity contribution in [3.05, 3.63) is 33.2 Å². The zero-order valence-electron chi connectivity index (χ0n) is 9.15. The van der Waals surface area contributed by atoms with Gasteiger partial charge in [0.05, 0.1) is 12.4 Å². The molecule has 0 saturated heterocycles. The third kappa shape index (κ3) is 1.09. The second kappa shape index (κ2) is 3.00. The Kier molecular flexibility index (Phi) is 1.71. The molecule has 0 aromatic carbocycles. The lowest BCUT2D eigenvalue weighted by Crippen LogP contribution is -2.37. The summed E-state index contributed by atoms with van der Waals surface area (Å²) in [5, 5.41) is 4.01. The summed E-state index contributed by atoms with van der Waals surface area (Å²) in [5.41, 5.74) is -0.330. The van der Waals surface area contributed by atoms with Crippen LogP contribution < -0.4 is 11.2 Å². The summed E-state index contributed by atoms with van der Waals surface area (Å²) >= 11 is 0. The molecule has 0 bridgehead atoms. The maximum absolute atomic E-state index is 12.0. The molecule has 0 unspecified atom stereocenters. The largest absolute Gasteiger partial charge is 0.332 e. The average Bonchev–Trinajstić information content (AvgIpc) is 2.73. The fourth-order valence-electron chi connectivity index (χ4n) is 1.76. The van der Waals surface area contributed by atoms with Gasteiger partial charge in [0.25, 0.3) is 11.3 Å². The average molecular weight is 232 g/mol. The van der Waals surface area contributed by atoms with Crippen LogP contribution in [0.1, 0.15) is 0 Å². The van der Waals surface area contributed by atoms with E-state index in [-0.39, 0.29) is 11.2 Å². The lowest BCUT2D eigenvalue weighted by Gasteiger charge is -2.01. The molecule has 8 heteroatoms. The van der Waals surface area contributed by atoms with Crippen LogP contribution in [0.4, 0.5) is 0 Å². The van der Waals surface area contributed by atoms with Gasteiger partial charge in [-0.2, -0.15) is 14.6 Å². The Morgan fingerprint density at radius 2 is 1.88 bits per heavy atom. The molecule has 3 aromatic rings. The standard InChI is InChI=1S/C9H8N6O2/c1-13-6-5(7(16)14(2)9(13)17)15-8(12-6)10-3-4-11-15/h3-4H,1-2H3. The van der Waals surface area contributed by atoms with E-state index in [4.69, 9.17) is 0 Å². The number of aryl methyl sites for hydroxylation is 1. The molecule has 86 valence electrons. The van der Waals surface area contributed by atoms with Crippen molar-refractivity contribution in [3.63, 3.8) is 0 Å². The van der Waals surface area contributed by atoms with Crippen LogP contribution in [0.5, 0.6) is 0 Å². The number of rotatable bonds is 0. The molecular weight excluding hydrogens is 224 g/mol. The first-order valence-corrected chi connectivity index (χ1v) is 4.86. The number of imidazole rings is 1.